The van der Waals surface area contributed by atoms with E-state index in [1.165, 1.54) is 12.1 Å². The Balaban J connectivity index is 1.95. The number of carboxylic acids is 1. The van der Waals surface area contributed by atoms with Crippen molar-refractivity contribution in [1.29, 1.82) is 0 Å². The Morgan fingerprint density at radius 3 is 2.80 bits per heavy atom. The minimum absolute atomic E-state index is 0.105. The number of urea groups is 1. The molecule has 8 heteroatoms. The molecule has 0 aliphatic carbocycles. The predicted octanol–water partition coefficient (Wildman–Crippen LogP) is 1.57. The van der Waals surface area contributed by atoms with Crippen molar-refractivity contribution < 1.29 is 19.1 Å². The zero-order valence-electron chi connectivity index (χ0n) is 10.2. The van der Waals surface area contributed by atoms with Crippen LogP contribution in [0.3, 0.4) is 0 Å². The van der Waals surface area contributed by atoms with Crippen LogP contribution < -0.4 is 10.6 Å². The van der Waals surface area contributed by atoms with Crippen molar-refractivity contribution in [2.75, 3.05) is 5.32 Å². The first-order chi connectivity index (χ1) is 9.56. The average molecular weight is 278 g/mol. The maximum atomic E-state index is 13.6. The number of nitrogens with zero attached hydrogens (tertiary/aromatic N) is 1. The molecule has 0 saturated carbocycles. The Morgan fingerprint density at radius 1 is 1.40 bits per heavy atom. The molecule has 2 rings (SSSR count). The van der Waals surface area contributed by atoms with Gasteiger partial charge >= 0.3 is 12.0 Å². The van der Waals surface area contributed by atoms with Crippen molar-refractivity contribution in [3.8, 4) is 0 Å². The number of carbonyl (C=O) groups excluding carboxylic acids is 1. The second-order valence-electron chi connectivity index (χ2n) is 3.84. The Labute approximate surface area is 112 Å². The predicted molar refractivity (Wildman–Crippen MR) is 67.8 cm³/mol. The number of rotatable bonds is 4. The summed E-state index contributed by atoms with van der Waals surface area (Å²) in [4.78, 5) is 28.9. The van der Waals surface area contributed by atoms with Gasteiger partial charge in [-0.15, -0.1) is 0 Å². The van der Waals surface area contributed by atoms with E-state index < -0.39 is 17.8 Å². The van der Waals surface area contributed by atoms with Gasteiger partial charge in [0.1, 0.15) is 11.6 Å². The SMILES string of the molecule is O=C(NCc1ncc[nH]1)Nc1ccc(C(=O)O)cc1F. The van der Waals surface area contributed by atoms with Gasteiger partial charge in [-0.05, 0) is 18.2 Å². The first-order valence-electron chi connectivity index (χ1n) is 5.62. The molecule has 1 aromatic carbocycles. The van der Waals surface area contributed by atoms with Crippen molar-refractivity contribution in [2.24, 2.45) is 0 Å². The fourth-order valence-electron chi connectivity index (χ4n) is 1.47. The number of aromatic amines is 1. The summed E-state index contributed by atoms with van der Waals surface area (Å²) in [5.41, 5.74) is -0.295. The van der Waals surface area contributed by atoms with Crippen molar-refractivity contribution in [3.05, 3.63) is 47.8 Å². The van der Waals surface area contributed by atoms with Gasteiger partial charge in [0.15, 0.2) is 0 Å². The molecule has 104 valence electrons. The molecule has 0 saturated heterocycles. The molecule has 7 nitrogen and oxygen atoms in total. The van der Waals surface area contributed by atoms with Crippen LogP contribution in [0.2, 0.25) is 0 Å². The summed E-state index contributed by atoms with van der Waals surface area (Å²) >= 11 is 0. The Bertz CT molecular complexity index is 628. The van der Waals surface area contributed by atoms with Gasteiger partial charge in [-0.2, -0.15) is 0 Å². The Kier molecular flexibility index (Phi) is 3.94. The number of halogens is 1. The molecule has 1 aromatic heterocycles. The molecule has 0 radical (unpaired) electrons. The lowest BCUT2D eigenvalue weighted by molar-refractivity contribution is 0.0696. The molecule has 1 heterocycles. The summed E-state index contributed by atoms with van der Waals surface area (Å²) in [5.74, 6) is -1.50. The highest BCUT2D eigenvalue weighted by Crippen LogP contribution is 2.15. The van der Waals surface area contributed by atoms with E-state index in [0.29, 0.717) is 5.82 Å². The number of carbonyl (C=O) groups is 2. The van der Waals surface area contributed by atoms with Crippen LogP contribution in [0.4, 0.5) is 14.9 Å². The summed E-state index contributed by atoms with van der Waals surface area (Å²) in [6.45, 7) is 0.160. The molecule has 0 aliphatic heterocycles. The molecule has 20 heavy (non-hydrogen) atoms. The second-order valence-corrected chi connectivity index (χ2v) is 3.84. The van der Waals surface area contributed by atoms with Crippen LogP contribution in [0.5, 0.6) is 0 Å². The number of anilines is 1. The number of nitrogens with one attached hydrogen (secondary N) is 3. The van der Waals surface area contributed by atoms with Gasteiger partial charge < -0.3 is 20.7 Å². The number of benzene rings is 1. The lowest BCUT2D eigenvalue weighted by atomic mass is 10.2. The third-order valence-corrected chi connectivity index (χ3v) is 2.44. The van der Waals surface area contributed by atoms with Crippen molar-refractivity contribution in [1.82, 2.24) is 15.3 Å². The minimum atomic E-state index is -1.24. The van der Waals surface area contributed by atoms with Crippen molar-refractivity contribution in [3.63, 3.8) is 0 Å². The maximum Gasteiger partial charge on any atom is 0.335 e. The van der Waals surface area contributed by atoms with Crippen LogP contribution in [-0.4, -0.2) is 27.1 Å². The summed E-state index contributed by atoms with van der Waals surface area (Å²) in [6.07, 6.45) is 3.15. The van der Waals surface area contributed by atoms with Crippen molar-refractivity contribution in [2.45, 2.75) is 6.54 Å². The second kappa shape index (κ2) is 5.83. The fourth-order valence-corrected chi connectivity index (χ4v) is 1.47. The largest absolute Gasteiger partial charge is 0.478 e. The van der Waals surface area contributed by atoms with Crippen LogP contribution in [0.1, 0.15) is 16.2 Å². The highest BCUT2D eigenvalue weighted by atomic mass is 19.1. The molecular weight excluding hydrogens is 267 g/mol. The molecule has 0 aliphatic rings. The first-order valence-corrected chi connectivity index (χ1v) is 5.62. The molecule has 0 unspecified atom stereocenters. The molecule has 0 atom stereocenters. The number of aromatic nitrogens is 2. The Hall–Kier alpha value is -2.90. The molecule has 4 N–H and O–H groups in total. The Morgan fingerprint density at radius 2 is 2.20 bits per heavy atom. The van der Waals surface area contributed by atoms with E-state index in [1.54, 1.807) is 12.4 Å². The van der Waals surface area contributed by atoms with Crippen LogP contribution in [0, 0.1) is 5.82 Å². The molecule has 2 aromatic rings. The van der Waals surface area contributed by atoms with Crippen molar-refractivity contribution >= 4 is 17.7 Å². The highest BCUT2D eigenvalue weighted by Gasteiger charge is 2.10. The number of imidazole rings is 1. The summed E-state index contributed by atoms with van der Waals surface area (Å²) in [6, 6.07) is 2.60. The number of hydrogen-bond acceptors (Lipinski definition) is 3. The molecule has 2 amide bonds. The smallest absolute Gasteiger partial charge is 0.335 e. The monoisotopic (exact) mass is 278 g/mol. The molecule has 0 spiro atoms. The van der Waals surface area contributed by atoms with E-state index in [0.717, 1.165) is 6.07 Å². The van der Waals surface area contributed by atoms with E-state index in [-0.39, 0.29) is 17.8 Å². The molecule has 0 bridgehead atoms. The zero-order valence-corrected chi connectivity index (χ0v) is 10.2. The lowest BCUT2D eigenvalue weighted by Gasteiger charge is -2.08. The van der Waals surface area contributed by atoms with Gasteiger partial charge in [-0.25, -0.2) is 19.0 Å². The summed E-state index contributed by atoms with van der Waals surface area (Å²) in [5, 5.41) is 13.4. The van der Waals surface area contributed by atoms with E-state index >= 15 is 0 Å². The number of hydrogen-bond donors (Lipinski definition) is 4. The summed E-state index contributed by atoms with van der Waals surface area (Å²) < 4.78 is 13.6. The van der Waals surface area contributed by atoms with Crippen LogP contribution in [0.25, 0.3) is 0 Å². The molecular formula is C12H11FN4O3. The number of amides is 2. The highest BCUT2D eigenvalue weighted by molar-refractivity contribution is 5.91. The summed E-state index contributed by atoms with van der Waals surface area (Å²) in [7, 11) is 0. The number of H-pyrrole nitrogens is 1. The van der Waals surface area contributed by atoms with Crippen LogP contribution in [-0.2, 0) is 6.54 Å². The van der Waals surface area contributed by atoms with E-state index in [2.05, 4.69) is 20.6 Å². The van der Waals surface area contributed by atoms with E-state index in [9.17, 15) is 14.0 Å². The number of carboxylic acid groups (broad SMARTS) is 1. The van der Waals surface area contributed by atoms with Gasteiger partial charge in [0.2, 0.25) is 0 Å². The fraction of sp³-hybridized carbons (Fsp3) is 0.0833. The van der Waals surface area contributed by atoms with Gasteiger partial charge in [0.05, 0.1) is 17.8 Å². The normalized spacial score (nSPS) is 10.1. The molecule has 0 fully saturated rings. The van der Waals surface area contributed by atoms with Gasteiger partial charge in [-0.3, -0.25) is 0 Å². The van der Waals surface area contributed by atoms with Gasteiger partial charge in [0, 0.05) is 12.4 Å². The topological polar surface area (TPSA) is 107 Å². The standard InChI is InChI=1S/C12H11FN4O3/c13-8-5-7(11(18)19)1-2-9(8)17-12(20)16-6-10-14-3-4-15-10/h1-5H,6H2,(H,14,15)(H,18,19)(H2,16,17,20). The van der Waals surface area contributed by atoms with E-state index in [4.69, 9.17) is 5.11 Å². The average Bonchev–Trinajstić information content (AvgIpc) is 2.91. The third-order valence-electron chi connectivity index (χ3n) is 2.44. The lowest BCUT2D eigenvalue weighted by Crippen LogP contribution is -2.29. The third kappa shape index (κ3) is 3.31. The number of aromatic carboxylic acids is 1. The van der Waals surface area contributed by atoms with Gasteiger partial charge in [0.25, 0.3) is 0 Å². The maximum absolute atomic E-state index is 13.6. The minimum Gasteiger partial charge on any atom is -0.478 e. The van der Waals surface area contributed by atoms with Crippen LogP contribution in [0.15, 0.2) is 30.6 Å². The van der Waals surface area contributed by atoms with E-state index in [1.807, 2.05) is 0 Å². The quantitative estimate of drug-likeness (QED) is 0.680. The zero-order chi connectivity index (χ0) is 14.5. The van der Waals surface area contributed by atoms with Gasteiger partial charge in [-0.1, -0.05) is 0 Å². The van der Waals surface area contributed by atoms with Crippen LogP contribution >= 0.6 is 0 Å². The first kappa shape index (κ1) is 13.5.